The Labute approximate surface area is 181 Å². The summed E-state index contributed by atoms with van der Waals surface area (Å²) in [5.74, 6) is -0.899. The quantitative estimate of drug-likeness (QED) is 0.496. The normalized spacial score (nSPS) is 10.9. The van der Waals surface area contributed by atoms with Gasteiger partial charge in [0, 0.05) is 31.2 Å². The highest BCUT2D eigenvalue weighted by Crippen LogP contribution is 2.28. The number of amides is 1. The van der Waals surface area contributed by atoms with Crippen molar-refractivity contribution in [3.63, 3.8) is 0 Å². The maximum Gasteiger partial charge on any atom is 0.258 e. The second-order valence-corrected chi connectivity index (χ2v) is 7.15. The number of aromatic amines is 1. The molecule has 0 aliphatic carbocycles. The molecular formula is C23H18F2N4O3. The number of carbonyl (C=O) groups is 1. The van der Waals surface area contributed by atoms with E-state index in [1.54, 1.807) is 24.4 Å². The third-order valence-electron chi connectivity index (χ3n) is 4.74. The molecule has 2 N–H and O–H groups in total. The summed E-state index contributed by atoms with van der Waals surface area (Å²) >= 11 is 0. The number of carbonyl (C=O) groups excluding carboxylic acids is 1. The second kappa shape index (κ2) is 8.54. The Morgan fingerprint density at radius 2 is 1.88 bits per heavy atom. The third-order valence-corrected chi connectivity index (χ3v) is 4.74. The van der Waals surface area contributed by atoms with Crippen molar-refractivity contribution in [3.05, 3.63) is 82.0 Å². The van der Waals surface area contributed by atoms with Crippen LogP contribution in [-0.2, 0) is 11.2 Å². The summed E-state index contributed by atoms with van der Waals surface area (Å²) in [4.78, 5) is 35.5. The topological polar surface area (TPSA) is 97.0 Å². The monoisotopic (exact) mass is 436 g/mol. The lowest BCUT2D eigenvalue weighted by Crippen LogP contribution is -2.14. The van der Waals surface area contributed by atoms with Gasteiger partial charge in [-0.05, 0) is 35.9 Å². The number of nitrogens with one attached hydrogen (secondary N) is 2. The van der Waals surface area contributed by atoms with E-state index < -0.39 is 11.6 Å². The molecule has 1 amide bonds. The van der Waals surface area contributed by atoms with Crippen LogP contribution in [0.1, 0.15) is 18.3 Å². The van der Waals surface area contributed by atoms with Gasteiger partial charge < -0.3 is 15.0 Å². The van der Waals surface area contributed by atoms with E-state index in [2.05, 4.69) is 20.3 Å². The molecule has 2 aromatic carbocycles. The van der Waals surface area contributed by atoms with E-state index in [1.165, 1.54) is 32.2 Å². The zero-order chi connectivity index (χ0) is 22.8. The molecule has 0 saturated heterocycles. The van der Waals surface area contributed by atoms with Gasteiger partial charge in [-0.15, -0.1) is 0 Å². The minimum Gasteiger partial charge on any atom is -0.495 e. The Hall–Kier alpha value is -4.14. The van der Waals surface area contributed by atoms with E-state index in [0.29, 0.717) is 39.4 Å². The Morgan fingerprint density at radius 3 is 2.50 bits per heavy atom. The Morgan fingerprint density at radius 1 is 1.12 bits per heavy atom. The fourth-order valence-electron chi connectivity index (χ4n) is 3.35. The van der Waals surface area contributed by atoms with Crippen LogP contribution in [0.4, 0.5) is 14.5 Å². The fraction of sp³-hybridized carbons (Fsp3) is 0.130. The summed E-state index contributed by atoms with van der Waals surface area (Å²) in [7, 11) is 1.44. The SMILES string of the molecule is COc1cc2c(=O)[nH]c(Cc3ccc(-c4cc(F)cc(F)c4)nc3)nc2cc1NC(C)=O. The minimum atomic E-state index is -0.681. The third kappa shape index (κ3) is 4.46. The highest BCUT2D eigenvalue weighted by molar-refractivity contribution is 5.94. The van der Waals surface area contributed by atoms with Crippen molar-refractivity contribution in [1.82, 2.24) is 15.0 Å². The molecule has 2 aromatic heterocycles. The van der Waals surface area contributed by atoms with Gasteiger partial charge in [0.15, 0.2) is 0 Å². The minimum absolute atomic E-state index is 0.275. The Bertz CT molecular complexity index is 1360. The van der Waals surface area contributed by atoms with Crippen molar-refractivity contribution in [2.75, 3.05) is 12.4 Å². The number of aromatic nitrogens is 3. The molecule has 2 heterocycles. The molecule has 0 aliphatic heterocycles. The predicted octanol–water partition coefficient (Wildman–Crippen LogP) is 3.82. The fourth-order valence-corrected chi connectivity index (χ4v) is 3.35. The number of benzene rings is 2. The van der Waals surface area contributed by atoms with Gasteiger partial charge in [0.1, 0.15) is 23.2 Å². The van der Waals surface area contributed by atoms with Crippen molar-refractivity contribution >= 4 is 22.5 Å². The second-order valence-electron chi connectivity index (χ2n) is 7.15. The molecule has 0 spiro atoms. The van der Waals surface area contributed by atoms with Crippen molar-refractivity contribution < 1.29 is 18.3 Å². The van der Waals surface area contributed by atoms with E-state index in [4.69, 9.17) is 4.74 Å². The summed E-state index contributed by atoms with van der Waals surface area (Å²) in [5.41, 5.74) is 1.93. The van der Waals surface area contributed by atoms with Crippen LogP contribution in [0.25, 0.3) is 22.2 Å². The van der Waals surface area contributed by atoms with Crippen LogP contribution in [-0.4, -0.2) is 28.0 Å². The summed E-state index contributed by atoms with van der Waals surface area (Å²) in [6.07, 6.45) is 1.83. The van der Waals surface area contributed by atoms with Crippen LogP contribution in [0.3, 0.4) is 0 Å². The molecule has 7 nitrogen and oxygen atoms in total. The first-order chi connectivity index (χ1) is 15.3. The molecule has 4 rings (SSSR count). The van der Waals surface area contributed by atoms with Crippen LogP contribution in [0.15, 0.2) is 53.5 Å². The molecule has 9 heteroatoms. The van der Waals surface area contributed by atoms with Gasteiger partial charge in [0.25, 0.3) is 5.56 Å². The number of pyridine rings is 1. The number of halogens is 2. The number of anilines is 1. The average Bonchev–Trinajstić information content (AvgIpc) is 2.73. The van der Waals surface area contributed by atoms with Gasteiger partial charge in [0.05, 0.1) is 29.4 Å². The molecule has 0 bridgehead atoms. The maximum absolute atomic E-state index is 13.5. The highest BCUT2D eigenvalue weighted by Gasteiger charge is 2.12. The number of rotatable bonds is 5. The maximum atomic E-state index is 13.5. The van der Waals surface area contributed by atoms with Gasteiger partial charge >= 0.3 is 0 Å². The number of H-pyrrole nitrogens is 1. The van der Waals surface area contributed by atoms with Gasteiger partial charge in [-0.2, -0.15) is 0 Å². The van der Waals surface area contributed by atoms with Gasteiger partial charge in [-0.3, -0.25) is 14.6 Å². The van der Waals surface area contributed by atoms with Crippen molar-refractivity contribution in [2.45, 2.75) is 13.3 Å². The molecule has 0 saturated carbocycles. The van der Waals surface area contributed by atoms with Crippen LogP contribution < -0.4 is 15.6 Å². The highest BCUT2D eigenvalue weighted by atomic mass is 19.1. The number of fused-ring (bicyclic) bond motifs is 1. The average molecular weight is 436 g/mol. The van der Waals surface area contributed by atoms with Crippen LogP contribution in [0.2, 0.25) is 0 Å². The molecule has 162 valence electrons. The molecule has 0 atom stereocenters. The first-order valence-corrected chi connectivity index (χ1v) is 9.62. The Kier molecular flexibility index (Phi) is 5.63. The predicted molar refractivity (Wildman–Crippen MR) is 116 cm³/mol. The first-order valence-electron chi connectivity index (χ1n) is 9.62. The zero-order valence-corrected chi connectivity index (χ0v) is 17.2. The molecule has 32 heavy (non-hydrogen) atoms. The van der Waals surface area contributed by atoms with Crippen molar-refractivity contribution in [3.8, 4) is 17.0 Å². The van der Waals surface area contributed by atoms with E-state index >= 15 is 0 Å². The van der Waals surface area contributed by atoms with Crippen molar-refractivity contribution in [1.29, 1.82) is 0 Å². The largest absolute Gasteiger partial charge is 0.495 e. The van der Waals surface area contributed by atoms with E-state index in [-0.39, 0.29) is 17.9 Å². The van der Waals surface area contributed by atoms with Gasteiger partial charge in [0.2, 0.25) is 5.91 Å². The first kappa shape index (κ1) is 21.1. The standard InChI is InChI=1S/C23H18F2N4O3/c1-12(30)27-20-10-19-17(9-21(20)32-2)23(31)29-22(28-19)5-13-3-4-18(26-11-13)14-6-15(24)8-16(25)7-14/h3-4,6-11H,5H2,1-2H3,(H,27,30)(H,28,29,31). The molecule has 0 fully saturated rings. The summed E-state index contributed by atoms with van der Waals surface area (Å²) < 4.78 is 32.1. The van der Waals surface area contributed by atoms with Gasteiger partial charge in [-0.1, -0.05) is 6.07 Å². The summed E-state index contributed by atoms with van der Waals surface area (Å²) in [6.45, 7) is 1.37. The van der Waals surface area contributed by atoms with Crippen molar-refractivity contribution in [2.24, 2.45) is 0 Å². The molecule has 0 aliphatic rings. The van der Waals surface area contributed by atoms with Crippen LogP contribution in [0.5, 0.6) is 5.75 Å². The number of nitrogens with zero attached hydrogens (tertiary/aromatic N) is 2. The smallest absolute Gasteiger partial charge is 0.258 e. The van der Waals surface area contributed by atoms with E-state index in [1.807, 2.05) is 0 Å². The van der Waals surface area contributed by atoms with E-state index in [9.17, 15) is 18.4 Å². The lowest BCUT2D eigenvalue weighted by atomic mass is 10.1. The summed E-state index contributed by atoms with van der Waals surface area (Å²) in [6, 6.07) is 9.68. The van der Waals surface area contributed by atoms with Crippen LogP contribution >= 0.6 is 0 Å². The number of hydrogen-bond donors (Lipinski definition) is 2. The molecule has 4 aromatic rings. The zero-order valence-electron chi connectivity index (χ0n) is 17.2. The van der Waals surface area contributed by atoms with E-state index in [0.717, 1.165) is 11.6 Å². The lowest BCUT2D eigenvalue weighted by molar-refractivity contribution is -0.114. The lowest BCUT2D eigenvalue weighted by Gasteiger charge is -2.11. The number of hydrogen-bond acceptors (Lipinski definition) is 5. The molecular weight excluding hydrogens is 418 g/mol. The number of methoxy groups -OCH3 is 1. The molecule has 0 radical (unpaired) electrons. The van der Waals surface area contributed by atoms with Crippen LogP contribution in [0, 0.1) is 11.6 Å². The number of ether oxygens (including phenoxy) is 1. The molecule has 0 unspecified atom stereocenters. The van der Waals surface area contributed by atoms with Gasteiger partial charge in [-0.25, -0.2) is 13.8 Å². The summed E-state index contributed by atoms with van der Waals surface area (Å²) in [5, 5.41) is 2.98. The Balaban J connectivity index is 1.65.